The van der Waals surface area contributed by atoms with Gasteiger partial charge >= 0.3 is 11.9 Å². The lowest BCUT2D eigenvalue weighted by molar-refractivity contribution is -0.145. The number of ether oxygens (including phenoxy) is 2. The lowest BCUT2D eigenvalue weighted by Crippen LogP contribution is -2.61. The molecule has 0 saturated carbocycles. The zero-order valence-electron chi connectivity index (χ0n) is 64.3. The molecule has 14 rings (SSSR count). The second kappa shape index (κ2) is 34.6. The van der Waals surface area contributed by atoms with E-state index in [-0.39, 0.29) is 82.1 Å². The molecule has 2 fully saturated rings. The summed E-state index contributed by atoms with van der Waals surface area (Å²) >= 11 is 0. The van der Waals surface area contributed by atoms with Gasteiger partial charge in [-0.2, -0.15) is 0 Å². The fourth-order valence-corrected chi connectivity index (χ4v) is 14.3. The molecule has 586 valence electrons. The minimum absolute atomic E-state index is 0.0140. The van der Waals surface area contributed by atoms with Crippen LogP contribution < -0.4 is 52.0 Å². The van der Waals surface area contributed by atoms with E-state index >= 15 is 28.8 Å². The number of allylic oxidation sites excluding steroid dienone is 1. The number of hydrogen-bond donors (Lipinski definition) is 10. The Balaban J connectivity index is 0.956. The van der Waals surface area contributed by atoms with Crippen LogP contribution in [0.3, 0.4) is 0 Å². The van der Waals surface area contributed by atoms with Crippen molar-refractivity contribution in [2.75, 3.05) is 40.3 Å². The molecule has 0 spiro atoms. The van der Waals surface area contributed by atoms with Gasteiger partial charge in [0.15, 0.2) is 6.04 Å². The van der Waals surface area contributed by atoms with Crippen LogP contribution in [-0.4, -0.2) is 206 Å². The minimum Gasteiger partial charge on any atom is -0.487 e. The number of likely N-dealkylation sites (tertiary alicyclic amines) is 2. The fourth-order valence-electron chi connectivity index (χ4n) is 14.3. The van der Waals surface area contributed by atoms with E-state index in [2.05, 4.69) is 52.8 Å². The molecule has 1 aromatic heterocycles. The largest absolute Gasteiger partial charge is 0.487 e. The first-order valence-electron chi connectivity index (χ1n) is 37.4. The number of fused-ring (bicyclic) bond motifs is 2. The fraction of sp³-hybridized carbons (Fsp3) is 0.427. The monoisotopic (exact) mass is 1520 g/mol. The van der Waals surface area contributed by atoms with E-state index in [9.17, 15) is 29.4 Å². The molecule has 111 heavy (non-hydrogen) atoms. The average Bonchev–Trinajstić information content (AvgIpc) is 1.52. The Kier molecular flexibility index (Phi) is 25.2. The van der Waals surface area contributed by atoms with E-state index in [0.29, 0.717) is 33.8 Å². The summed E-state index contributed by atoms with van der Waals surface area (Å²) in [6.45, 7) is 15.8. The Morgan fingerprint density at radius 2 is 1.09 bits per heavy atom. The molecule has 13 atom stereocenters. The van der Waals surface area contributed by atoms with Gasteiger partial charge in [-0.3, -0.25) is 43.3 Å². The molecule has 29 heteroatoms. The highest BCUT2D eigenvalue weighted by molar-refractivity contribution is 5.99. The number of nitrogens with one attached hydrogen (secondary N) is 8. The molecule has 8 amide bonds. The number of aliphatic imine (C=N–C) groups is 1. The number of aliphatic carboxylic acids is 2. The number of carboxylic acid groups (broad SMARTS) is 2. The second-order valence-corrected chi connectivity index (χ2v) is 31.2. The van der Waals surface area contributed by atoms with Gasteiger partial charge in [-0.15, -0.1) is 5.10 Å². The van der Waals surface area contributed by atoms with Crippen molar-refractivity contribution in [3.8, 4) is 11.5 Å². The molecule has 7 aliphatic heterocycles. The lowest BCUT2D eigenvalue weighted by atomic mass is 9.85. The van der Waals surface area contributed by atoms with Crippen LogP contribution in [0.25, 0.3) is 21.5 Å². The maximum Gasteiger partial charge on any atom is 0.330 e. The van der Waals surface area contributed by atoms with E-state index in [1.165, 1.54) is 38.7 Å². The molecule has 12 bridgehead atoms. The molecule has 7 aliphatic rings. The first-order valence-corrected chi connectivity index (χ1v) is 37.4. The van der Waals surface area contributed by atoms with Crippen molar-refractivity contribution in [3.05, 3.63) is 179 Å². The SMILES string of the molecule is C/C=C1/CN2CC(=N1)Oc1ccc(cc1)C(C(=O)O)NC(=O)C(Cc1ccc3ccccc3c1)NC(=O)C1CC(CN1C(=O)C(NC(=O)C(C)NC)C(C)(C)C)n1cc(nn1)COc1ccc(cc1)CC(C(=O)O)NC(=O)C(Cc1ccc3ccccc3c1)NC(=O)C1CC2CN1C(=O)C(NC(=O)C(C)NC)C(C)(C)C. The number of benzene rings is 6. The number of likely N-dealkylation sites (N-methyl/N-ethyl adjacent to an activating group) is 2. The van der Waals surface area contributed by atoms with Gasteiger partial charge < -0.3 is 72.0 Å². The van der Waals surface area contributed by atoms with E-state index in [1.54, 1.807) is 113 Å². The number of hydrogen-bond acceptors (Lipinski definition) is 18. The molecule has 29 nitrogen and oxygen atoms in total. The van der Waals surface area contributed by atoms with Crippen molar-refractivity contribution < 1.29 is 67.6 Å². The predicted molar refractivity (Wildman–Crippen MR) is 414 cm³/mol. The van der Waals surface area contributed by atoms with Crippen LogP contribution in [0.15, 0.2) is 156 Å². The first kappa shape index (κ1) is 80.6. The summed E-state index contributed by atoms with van der Waals surface area (Å²) in [5.74, 6) is -7.23. The predicted octanol–water partition coefficient (Wildman–Crippen LogP) is 5.07. The van der Waals surface area contributed by atoms with E-state index in [4.69, 9.17) is 14.5 Å². The van der Waals surface area contributed by atoms with Crippen LogP contribution in [0, 0.1) is 10.8 Å². The van der Waals surface area contributed by atoms with Gasteiger partial charge in [-0.25, -0.2) is 19.3 Å². The van der Waals surface area contributed by atoms with Crippen LogP contribution in [0.4, 0.5) is 0 Å². The molecular formula is C82H99N15O14. The highest BCUT2D eigenvalue weighted by Crippen LogP contribution is 2.34. The summed E-state index contributed by atoms with van der Waals surface area (Å²) in [7, 11) is 3.23. The van der Waals surface area contributed by atoms with Crippen LogP contribution in [0.1, 0.15) is 115 Å². The van der Waals surface area contributed by atoms with Gasteiger partial charge in [-0.05, 0) is 120 Å². The highest BCUT2D eigenvalue weighted by Gasteiger charge is 2.50. The number of aromatic nitrogens is 3. The standard InChI is InChI=1S/C82H99N15O14/c1-12-56-40-94-44-67(85-56)111-61-31-27-53(28-32-61)68(80(108)109)89-74(101)63(37-50-22-26-52-18-14-16-20-55(52)34-50)87-76(103)66-39-59(43-96(66)78(105)70(82(7,8)9)91-72(99)47(3)84-11)97-41-57(92-93-97)45-110-60-29-23-48(24-30-60)35-64(79(106)107)88-73(100)62(36-49-21-25-51-17-13-15-19-54(51)33-49)86-75(102)65-38-58(94)42-95(65)77(104)69(81(4,5)6)90-71(98)46(2)83-10/h12-34,41,46-47,58-59,62-66,68-70,83-84H,35-40,42-45H2,1-11H3,(H,86,102)(H,87,103)(H,88,100)(H,89,101)(H,90,98)(H,91,99)(H,106,107)(H,108,109)/b56-12-. The van der Waals surface area contributed by atoms with Crippen LogP contribution in [-0.2, 0) is 73.8 Å². The van der Waals surface area contributed by atoms with Crippen molar-refractivity contribution in [2.45, 2.75) is 174 Å². The Morgan fingerprint density at radius 1 is 0.595 bits per heavy atom. The lowest BCUT2D eigenvalue weighted by Gasteiger charge is -2.36. The number of carbonyl (C=O) groups excluding carboxylic acids is 8. The van der Waals surface area contributed by atoms with E-state index < -0.39 is 143 Å². The summed E-state index contributed by atoms with van der Waals surface area (Å²) in [5.41, 5.74) is 1.00. The molecule has 7 aromatic rings. The normalized spacial score (nSPS) is 23.2. The number of nitrogens with zero attached hydrogens (tertiary/aromatic N) is 7. The third kappa shape index (κ3) is 19.6. The molecule has 2 saturated heterocycles. The number of carbonyl (C=O) groups is 10. The Labute approximate surface area is 644 Å². The van der Waals surface area contributed by atoms with Gasteiger partial charge in [0.2, 0.25) is 53.2 Å². The van der Waals surface area contributed by atoms with Crippen LogP contribution in [0.2, 0.25) is 0 Å². The Bertz CT molecular complexity index is 4700. The summed E-state index contributed by atoms with van der Waals surface area (Å²) < 4.78 is 14.2. The smallest absolute Gasteiger partial charge is 0.330 e. The summed E-state index contributed by atoms with van der Waals surface area (Å²) in [4.78, 5) is 155. The third-order valence-corrected chi connectivity index (χ3v) is 21.1. The average molecular weight is 1520 g/mol. The molecule has 8 heterocycles. The summed E-state index contributed by atoms with van der Waals surface area (Å²) in [6.07, 6.45) is 2.95. The minimum atomic E-state index is -1.69. The van der Waals surface area contributed by atoms with E-state index in [1.807, 2.05) is 89.8 Å². The molecule has 0 aliphatic carbocycles. The third-order valence-electron chi connectivity index (χ3n) is 21.1. The van der Waals surface area contributed by atoms with Crippen LogP contribution >= 0.6 is 0 Å². The van der Waals surface area contributed by atoms with Crippen molar-refractivity contribution >= 4 is 86.6 Å². The van der Waals surface area contributed by atoms with Crippen molar-refractivity contribution in [3.63, 3.8) is 0 Å². The Hall–Kier alpha value is -11.4. The quantitative estimate of drug-likeness (QED) is 0.0679. The van der Waals surface area contributed by atoms with Crippen molar-refractivity contribution in [1.82, 2.24) is 72.2 Å². The van der Waals surface area contributed by atoms with Crippen molar-refractivity contribution in [2.24, 2.45) is 15.8 Å². The molecule has 0 radical (unpaired) electrons. The molecular weight excluding hydrogens is 1420 g/mol. The summed E-state index contributed by atoms with van der Waals surface area (Å²) in [5, 5.41) is 57.1. The van der Waals surface area contributed by atoms with Crippen molar-refractivity contribution in [1.29, 1.82) is 0 Å². The topological polar surface area (TPSA) is 379 Å². The number of amides is 8. The van der Waals surface area contributed by atoms with Gasteiger partial charge in [0.05, 0.1) is 36.6 Å². The summed E-state index contributed by atoms with van der Waals surface area (Å²) in [6, 6.07) is 25.3. The maximum atomic E-state index is 15.5. The number of carboxylic acids is 2. The first-order chi connectivity index (χ1) is 52.8. The Morgan fingerprint density at radius 3 is 1.59 bits per heavy atom. The van der Waals surface area contributed by atoms with Gasteiger partial charge in [-0.1, -0.05) is 162 Å². The zero-order valence-corrected chi connectivity index (χ0v) is 64.3. The van der Waals surface area contributed by atoms with Gasteiger partial charge in [0, 0.05) is 51.4 Å². The zero-order chi connectivity index (χ0) is 79.8. The second-order valence-electron chi connectivity index (χ2n) is 31.2. The number of rotatable bonds is 14. The highest BCUT2D eigenvalue weighted by atomic mass is 16.5. The van der Waals surface area contributed by atoms with Gasteiger partial charge in [0.1, 0.15) is 66.1 Å². The van der Waals surface area contributed by atoms with Gasteiger partial charge in [0.25, 0.3) is 0 Å². The van der Waals surface area contributed by atoms with Crippen LogP contribution in [0.5, 0.6) is 11.5 Å². The molecule has 10 N–H and O–H groups in total. The molecule has 6 aromatic carbocycles. The molecule has 13 unspecified atom stereocenters. The maximum absolute atomic E-state index is 15.5. The van der Waals surface area contributed by atoms with E-state index in [0.717, 1.165) is 21.5 Å².